The minimum Gasteiger partial charge on any atom is -0.476 e. The highest BCUT2D eigenvalue weighted by Gasteiger charge is 2.48. The lowest BCUT2D eigenvalue weighted by Gasteiger charge is -2.30. The van der Waals surface area contributed by atoms with E-state index in [2.05, 4.69) is 32.2 Å². The molecule has 3 aromatic heterocycles. The lowest BCUT2D eigenvalue weighted by molar-refractivity contribution is -0.219. The van der Waals surface area contributed by atoms with Crippen LogP contribution in [0.5, 0.6) is 5.88 Å². The molecule has 1 atom stereocenters. The molecule has 244 valence electrons. The number of aryl methyl sites for hydroxylation is 1. The SMILES string of the molecule is CC(C)(COc1ccn(-c2ncc3nc2-c2ccccc2CCCCCCN(C2CCNC2)c2cccc(n2)SN3)n1)C(F)(F)F. The van der Waals surface area contributed by atoms with Gasteiger partial charge in [0.15, 0.2) is 11.6 Å². The van der Waals surface area contributed by atoms with E-state index in [4.69, 9.17) is 19.7 Å². The molecule has 4 bridgehead atoms. The summed E-state index contributed by atoms with van der Waals surface area (Å²) in [7, 11) is 0. The highest BCUT2D eigenvalue weighted by Crippen LogP contribution is 2.38. The number of halogens is 3. The number of alkyl halides is 3. The lowest BCUT2D eigenvalue weighted by atomic mass is 9.94. The van der Waals surface area contributed by atoms with Gasteiger partial charge in [0.25, 0.3) is 0 Å². The Morgan fingerprint density at radius 3 is 2.67 bits per heavy atom. The molecule has 2 aliphatic heterocycles. The van der Waals surface area contributed by atoms with Gasteiger partial charge in [-0.15, -0.1) is 5.10 Å². The van der Waals surface area contributed by atoms with Crippen molar-refractivity contribution in [3.63, 3.8) is 0 Å². The number of ether oxygens (including phenoxy) is 1. The first-order valence-electron chi connectivity index (χ1n) is 15.8. The molecule has 6 rings (SSSR count). The first kappa shape index (κ1) is 32.1. The van der Waals surface area contributed by atoms with E-state index in [1.54, 1.807) is 12.4 Å². The summed E-state index contributed by atoms with van der Waals surface area (Å²) in [6.07, 6.45) is 5.18. The van der Waals surface area contributed by atoms with E-state index in [0.717, 1.165) is 94.0 Å². The molecule has 9 nitrogen and oxygen atoms in total. The quantitative estimate of drug-likeness (QED) is 0.219. The van der Waals surface area contributed by atoms with E-state index in [9.17, 15) is 13.2 Å². The van der Waals surface area contributed by atoms with E-state index in [-0.39, 0.29) is 5.88 Å². The van der Waals surface area contributed by atoms with Crippen molar-refractivity contribution < 1.29 is 17.9 Å². The first-order valence-corrected chi connectivity index (χ1v) is 16.6. The lowest BCUT2D eigenvalue weighted by Crippen LogP contribution is -2.38. The van der Waals surface area contributed by atoms with Gasteiger partial charge in [-0.2, -0.15) is 13.2 Å². The molecule has 0 amide bonds. The summed E-state index contributed by atoms with van der Waals surface area (Å²) in [4.78, 5) is 17.2. The number of nitrogens with one attached hydrogen (secondary N) is 2. The minimum atomic E-state index is -4.40. The van der Waals surface area contributed by atoms with Crippen molar-refractivity contribution in [2.24, 2.45) is 5.41 Å². The predicted molar refractivity (Wildman–Crippen MR) is 174 cm³/mol. The van der Waals surface area contributed by atoms with Crippen LogP contribution in [-0.2, 0) is 6.42 Å². The third-order valence-electron chi connectivity index (χ3n) is 8.49. The average molecular weight is 653 g/mol. The second kappa shape index (κ2) is 13.9. The number of hydrogen-bond acceptors (Lipinski definition) is 9. The Morgan fingerprint density at radius 2 is 1.85 bits per heavy atom. The van der Waals surface area contributed by atoms with Crippen LogP contribution in [0, 0.1) is 5.41 Å². The number of anilines is 2. The van der Waals surface area contributed by atoms with Gasteiger partial charge in [-0.1, -0.05) is 43.2 Å². The molecule has 0 spiro atoms. The van der Waals surface area contributed by atoms with Crippen LogP contribution < -0.4 is 19.7 Å². The number of pyridine rings is 1. The van der Waals surface area contributed by atoms with Crippen LogP contribution in [0.15, 0.2) is 66.0 Å². The Hall–Kier alpha value is -3.84. The molecule has 2 aliphatic rings. The number of nitrogens with zero attached hydrogens (tertiary/aromatic N) is 6. The Balaban J connectivity index is 1.31. The second-order valence-corrected chi connectivity index (χ2v) is 13.2. The zero-order valence-corrected chi connectivity index (χ0v) is 26.9. The normalized spacial score (nSPS) is 18.0. The summed E-state index contributed by atoms with van der Waals surface area (Å²) >= 11 is 1.37. The van der Waals surface area contributed by atoms with Crippen molar-refractivity contribution in [1.82, 2.24) is 30.0 Å². The summed E-state index contributed by atoms with van der Waals surface area (Å²) in [5, 5.41) is 8.74. The number of aromatic nitrogens is 5. The molecule has 1 aromatic carbocycles. The summed E-state index contributed by atoms with van der Waals surface area (Å²) in [6.45, 7) is 4.61. The van der Waals surface area contributed by atoms with Crippen LogP contribution in [0.3, 0.4) is 0 Å². The van der Waals surface area contributed by atoms with Gasteiger partial charge in [-0.3, -0.25) is 0 Å². The molecule has 1 saturated heterocycles. The molecule has 13 heteroatoms. The van der Waals surface area contributed by atoms with Crippen LogP contribution in [0.25, 0.3) is 17.1 Å². The summed E-state index contributed by atoms with van der Waals surface area (Å²) in [5.74, 6) is 2.05. The van der Waals surface area contributed by atoms with Crippen molar-refractivity contribution in [3.05, 3.63) is 66.5 Å². The predicted octanol–water partition coefficient (Wildman–Crippen LogP) is 7.10. The number of rotatable bonds is 5. The second-order valence-electron chi connectivity index (χ2n) is 12.4. The van der Waals surface area contributed by atoms with Crippen molar-refractivity contribution in [2.75, 3.05) is 35.9 Å². The van der Waals surface area contributed by atoms with Crippen molar-refractivity contribution >= 4 is 23.6 Å². The molecule has 2 N–H and O–H groups in total. The maximum absolute atomic E-state index is 13.4. The van der Waals surface area contributed by atoms with Gasteiger partial charge in [-0.05, 0) is 63.8 Å². The van der Waals surface area contributed by atoms with Crippen molar-refractivity contribution in [2.45, 2.75) is 69.6 Å². The largest absolute Gasteiger partial charge is 0.476 e. The molecule has 1 fully saturated rings. The van der Waals surface area contributed by atoms with E-state index >= 15 is 0 Å². The third kappa shape index (κ3) is 7.41. The molecule has 0 aliphatic carbocycles. The van der Waals surface area contributed by atoms with Crippen LogP contribution in [-0.4, -0.2) is 63.2 Å². The molecular weight excluding hydrogens is 613 g/mol. The fraction of sp³-hybridized carbons (Fsp3) is 0.455. The van der Waals surface area contributed by atoms with Gasteiger partial charge >= 0.3 is 6.18 Å². The van der Waals surface area contributed by atoms with E-state index in [1.165, 1.54) is 22.7 Å². The smallest absolute Gasteiger partial charge is 0.397 e. The average Bonchev–Trinajstić information content (AvgIpc) is 3.75. The number of benzene rings is 1. The van der Waals surface area contributed by atoms with Gasteiger partial charge in [-0.25, -0.2) is 19.6 Å². The van der Waals surface area contributed by atoms with Crippen LogP contribution in [0.4, 0.5) is 24.8 Å². The molecule has 4 aromatic rings. The van der Waals surface area contributed by atoms with E-state index < -0.39 is 18.2 Å². The fourth-order valence-electron chi connectivity index (χ4n) is 5.65. The standard InChI is InChI=1S/C33H39F3N8OS/c1-32(2,33(34,35)36)22-45-28-16-19-44(41-28)31-30-25-12-7-6-11-23(25)10-5-3-4-8-18-43(24-15-17-37-20-24)27-13-9-14-29(40-27)46-42-26(39-30)21-38-31/h6-7,9,11-14,16,19,21,24,37H,3-5,8,10,15,17-18,20,22H2,1-2H3,(H,39,42). The molecular formula is C33H39F3N8OS. The van der Waals surface area contributed by atoms with E-state index in [1.807, 2.05) is 30.3 Å². The Labute approximate surface area is 271 Å². The highest BCUT2D eigenvalue weighted by molar-refractivity contribution is 8.00. The van der Waals surface area contributed by atoms with Crippen LogP contribution >= 0.6 is 11.9 Å². The highest BCUT2D eigenvalue weighted by atomic mass is 32.2. The maximum atomic E-state index is 13.4. The van der Waals surface area contributed by atoms with E-state index in [0.29, 0.717) is 23.4 Å². The van der Waals surface area contributed by atoms with Gasteiger partial charge in [0.2, 0.25) is 5.88 Å². The van der Waals surface area contributed by atoms with Gasteiger partial charge in [0.1, 0.15) is 23.1 Å². The number of fused-ring (bicyclic) bond motifs is 6. The molecule has 0 saturated carbocycles. The monoisotopic (exact) mass is 652 g/mol. The van der Waals surface area contributed by atoms with Crippen LogP contribution in [0.1, 0.15) is 51.5 Å². The molecule has 1 unspecified atom stereocenters. The van der Waals surface area contributed by atoms with Gasteiger partial charge in [0.05, 0.1) is 11.6 Å². The van der Waals surface area contributed by atoms with Crippen molar-refractivity contribution in [3.8, 4) is 23.0 Å². The zero-order chi connectivity index (χ0) is 32.1. The van der Waals surface area contributed by atoms with Crippen LogP contribution in [0.2, 0.25) is 0 Å². The first-order chi connectivity index (χ1) is 22.2. The summed E-state index contributed by atoms with van der Waals surface area (Å²) in [6, 6.07) is 16.2. The Bertz CT molecular complexity index is 1620. The fourth-order valence-corrected chi connectivity index (χ4v) is 6.25. The Morgan fingerprint density at radius 1 is 1.00 bits per heavy atom. The van der Waals surface area contributed by atoms with Gasteiger partial charge < -0.3 is 19.7 Å². The minimum absolute atomic E-state index is 0.0787. The molecule has 46 heavy (non-hydrogen) atoms. The number of hydrogen-bond donors (Lipinski definition) is 2. The van der Waals surface area contributed by atoms with Gasteiger partial charge in [0, 0.05) is 48.9 Å². The van der Waals surface area contributed by atoms with Crippen molar-refractivity contribution in [1.29, 1.82) is 0 Å². The summed E-state index contributed by atoms with van der Waals surface area (Å²) in [5.41, 5.74) is 0.664. The third-order valence-corrected chi connectivity index (χ3v) is 9.24. The molecule has 5 heterocycles. The summed E-state index contributed by atoms with van der Waals surface area (Å²) < 4.78 is 50.5. The maximum Gasteiger partial charge on any atom is 0.397 e. The Kier molecular flexibility index (Phi) is 9.69. The molecule has 0 radical (unpaired) electrons. The zero-order valence-electron chi connectivity index (χ0n) is 26.1. The topological polar surface area (TPSA) is 93.0 Å².